The summed E-state index contributed by atoms with van der Waals surface area (Å²) in [6, 6.07) is -0.0249. The number of likely N-dealkylation sites (tertiary alicyclic amines) is 1. The first kappa shape index (κ1) is 15.0. The Hall–Kier alpha value is -1.36. The third kappa shape index (κ3) is 2.73. The fourth-order valence-corrected chi connectivity index (χ4v) is 3.06. The van der Waals surface area contributed by atoms with Crippen molar-refractivity contribution < 1.29 is 4.79 Å². The van der Waals surface area contributed by atoms with Gasteiger partial charge in [-0.25, -0.2) is 0 Å². The topological polar surface area (TPSA) is 61.0 Å². The zero-order valence-electron chi connectivity index (χ0n) is 13.2. The number of amides is 1. The van der Waals surface area contributed by atoms with Gasteiger partial charge in [-0.05, 0) is 60.5 Å². The van der Waals surface area contributed by atoms with Gasteiger partial charge < -0.3 is 5.32 Å². The summed E-state index contributed by atoms with van der Waals surface area (Å²) < 4.78 is 0. The molecule has 0 radical (unpaired) electrons. The molecule has 1 fully saturated rings. The van der Waals surface area contributed by atoms with Gasteiger partial charge in [0.15, 0.2) is 0 Å². The number of rotatable bonds is 4. The fourth-order valence-electron chi connectivity index (χ4n) is 3.06. The summed E-state index contributed by atoms with van der Waals surface area (Å²) in [5.74, 6) is 0.0897. The molecule has 2 rings (SSSR count). The lowest BCUT2D eigenvalue weighted by Gasteiger charge is -2.34. The molecule has 0 saturated carbocycles. The number of H-pyrrole nitrogens is 1. The zero-order chi connectivity index (χ0) is 14.9. The fraction of sp³-hybridized carbons (Fsp3) is 0.733. The van der Waals surface area contributed by atoms with Crippen LogP contribution < -0.4 is 5.32 Å². The van der Waals surface area contributed by atoms with Crippen molar-refractivity contribution in [1.29, 1.82) is 0 Å². The first-order valence-electron chi connectivity index (χ1n) is 7.41. The Balaban J connectivity index is 2.07. The minimum atomic E-state index is -0.448. The first-order chi connectivity index (χ1) is 9.34. The van der Waals surface area contributed by atoms with Gasteiger partial charge in [-0.3, -0.25) is 14.8 Å². The summed E-state index contributed by atoms with van der Waals surface area (Å²) in [5.41, 5.74) is 2.62. The molecule has 1 amide bonds. The Labute approximate surface area is 121 Å². The lowest BCUT2D eigenvalue weighted by Crippen LogP contribution is -2.54. The molecule has 1 aliphatic heterocycles. The van der Waals surface area contributed by atoms with E-state index < -0.39 is 5.54 Å². The number of nitrogens with one attached hydrogen (secondary N) is 2. The van der Waals surface area contributed by atoms with Crippen LogP contribution in [0.25, 0.3) is 0 Å². The molecule has 1 aromatic heterocycles. The van der Waals surface area contributed by atoms with Crippen LogP contribution in [0.3, 0.4) is 0 Å². The van der Waals surface area contributed by atoms with Gasteiger partial charge in [0.1, 0.15) is 0 Å². The second-order valence-electron chi connectivity index (χ2n) is 6.30. The summed E-state index contributed by atoms with van der Waals surface area (Å²) >= 11 is 0. The molecule has 1 saturated heterocycles. The van der Waals surface area contributed by atoms with Crippen molar-refractivity contribution in [2.45, 2.75) is 59.0 Å². The number of carbonyl (C=O) groups excluding carboxylic acids is 1. The Bertz CT molecular complexity index is 467. The maximum Gasteiger partial charge on any atom is 0.240 e. The Morgan fingerprint density at radius 3 is 2.45 bits per heavy atom. The predicted molar refractivity (Wildman–Crippen MR) is 79.5 cm³/mol. The van der Waals surface area contributed by atoms with E-state index in [0.29, 0.717) is 0 Å². The SMILES string of the molecule is Cc1n[nH]c(C)c1C(C)NC(=O)C(C)(C)N1CCCC1. The standard InChI is InChI=1S/C15H26N4O/c1-10(13-11(2)17-18-12(13)3)16-14(20)15(4,5)19-8-6-7-9-19/h10H,6-9H2,1-5H3,(H,16,20)(H,17,18). The van der Waals surface area contributed by atoms with Gasteiger partial charge in [0.05, 0.1) is 17.3 Å². The van der Waals surface area contributed by atoms with Gasteiger partial charge in [-0.15, -0.1) is 0 Å². The number of nitrogens with zero attached hydrogens (tertiary/aromatic N) is 2. The van der Waals surface area contributed by atoms with Crippen LogP contribution in [0.15, 0.2) is 0 Å². The van der Waals surface area contributed by atoms with Crippen molar-refractivity contribution in [2.75, 3.05) is 13.1 Å². The smallest absolute Gasteiger partial charge is 0.240 e. The predicted octanol–water partition coefficient (Wildman–Crippen LogP) is 2.08. The van der Waals surface area contributed by atoms with E-state index in [4.69, 9.17) is 0 Å². The van der Waals surface area contributed by atoms with E-state index in [0.717, 1.165) is 30.0 Å². The number of aromatic amines is 1. The summed E-state index contributed by atoms with van der Waals surface area (Å²) in [7, 11) is 0. The molecule has 0 aliphatic carbocycles. The first-order valence-corrected chi connectivity index (χ1v) is 7.41. The molecule has 2 heterocycles. The zero-order valence-corrected chi connectivity index (χ0v) is 13.2. The molecule has 1 atom stereocenters. The van der Waals surface area contributed by atoms with Crippen LogP contribution in [-0.4, -0.2) is 39.6 Å². The molecule has 1 aliphatic rings. The van der Waals surface area contributed by atoms with E-state index in [1.54, 1.807) is 0 Å². The molecule has 1 aromatic rings. The molecule has 20 heavy (non-hydrogen) atoms. The number of hydrogen-bond donors (Lipinski definition) is 2. The molecule has 0 aromatic carbocycles. The van der Waals surface area contributed by atoms with E-state index in [1.807, 2.05) is 34.6 Å². The quantitative estimate of drug-likeness (QED) is 0.886. The highest BCUT2D eigenvalue weighted by Crippen LogP contribution is 2.24. The van der Waals surface area contributed by atoms with E-state index in [-0.39, 0.29) is 11.9 Å². The van der Waals surface area contributed by atoms with E-state index in [9.17, 15) is 4.79 Å². The Morgan fingerprint density at radius 2 is 1.95 bits per heavy atom. The van der Waals surface area contributed by atoms with Crippen LogP contribution in [0.1, 0.15) is 56.6 Å². The minimum absolute atomic E-state index is 0.0249. The second kappa shape index (κ2) is 5.56. The summed E-state index contributed by atoms with van der Waals surface area (Å²) in [6.07, 6.45) is 2.37. The lowest BCUT2D eigenvalue weighted by atomic mass is 10.00. The van der Waals surface area contributed by atoms with Crippen LogP contribution in [0, 0.1) is 13.8 Å². The van der Waals surface area contributed by atoms with Gasteiger partial charge in [0.2, 0.25) is 5.91 Å². The molecule has 5 nitrogen and oxygen atoms in total. The Morgan fingerprint density at radius 1 is 1.35 bits per heavy atom. The van der Waals surface area contributed by atoms with Crippen LogP contribution in [0.4, 0.5) is 0 Å². The number of aryl methyl sites for hydroxylation is 2. The number of aromatic nitrogens is 2. The van der Waals surface area contributed by atoms with Gasteiger partial charge in [-0.1, -0.05) is 0 Å². The van der Waals surface area contributed by atoms with Gasteiger partial charge in [-0.2, -0.15) is 5.10 Å². The lowest BCUT2D eigenvalue weighted by molar-refractivity contribution is -0.131. The van der Waals surface area contributed by atoms with Crippen molar-refractivity contribution in [1.82, 2.24) is 20.4 Å². The highest BCUT2D eigenvalue weighted by molar-refractivity contribution is 5.85. The van der Waals surface area contributed by atoms with Crippen molar-refractivity contribution in [3.05, 3.63) is 17.0 Å². The average molecular weight is 278 g/mol. The summed E-state index contributed by atoms with van der Waals surface area (Å²) in [4.78, 5) is 14.9. The molecule has 1 unspecified atom stereocenters. The average Bonchev–Trinajstić information content (AvgIpc) is 2.99. The monoisotopic (exact) mass is 278 g/mol. The normalized spacial score (nSPS) is 18.2. The van der Waals surface area contributed by atoms with Crippen LogP contribution in [0.2, 0.25) is 0 Å². The van der Waals surface area contributed by atoms with Crippen molar-refractivity contribution >= 4 is 5.91 Å². The summed E-state index contributed by atoms with van der Waals surface area (Å²) in [5, 5.41) is 10.3. The van der Waals surface area contributed by atoms with Crippen molar-refractivity contribution in [2.24, 2.45) is 0 Å². The molecule has 0 spiro atoms. The van der Waals surface area contributed by atoms with E-state index in [2.05, 4.69) is 20.4 Å². The van der Waals surface area contributed by atoms with E-state index in [1.165, 1.54) is 12.8 Å². The molecular formula is C15H26N4O. The molecule has 0 bridgehead atoms. The van der Waals surface area contributed by atoms with Crippen molar-refractivity contribution in [3.8, 4) is 0 Å². The molecule has 112 valence electrons. The number of carbonyl (C=O) groups is 1. The van der Waals surface area contributed by atoms with Gasteiger partial charge in [0.25, 0.3) is 0 Å². The Kier molecular flexibility index (Phi) is 4.18. The molecule has 5 heteroatoms. The van der Waals surface area contributed by atoms with Crippen molar-refractivity contribution in [3.63, 3.8) is 0 Å². The highest BCUT2D eigenvalue weighted by Gasteiger charge is 2.36. The van der Waals surface area contributed by atoms with E-state index >= 15 is 0 Å². The second-order valence-corrected chi connectivity index (χ2v) is 6.30. The number of hydrogen-bond acceptors (Lipinski definition) is 3. The third-order valence-corrected chi connectivity index (χ3v) is 4.42. The highest BCUT2D eigenvalue weighted by atomic mass is 16.2. The summed E-state index contributed by atoms with van der Waals surface area (Å²) in [6.45, 7) is 12.0. The third-order valence-electron chi connectivity index (χ3n) is 4.42. The minimum Gasteiger partial charge on any atom is -0.348 e. The largest absolute Gasteiger partial charge is 0.348 e. The van der Waals surface area contributed by atoms with Crippen LogP contribution >= 0.6 is 0 Å². The van der Waals surface area contributed by atoms with Gasteiger partial charge in [0, 0.05) is 11.3 Å². The maximum absolute atomic E-state index is 12.6. The van der Waals surface area contributed by atoms with Gasteiger partial charge >= 0.3 is 0 Å². The maximum atomic E-state index is 12.6. The molecule has 2 N–H and O–H groups in total. The van der Waals surface area contributed by atoms with Crippen LogP contribution in [0.5, 0.6) is 0 Å². The van der Waals surface area contributed by atoms with Crippen LogP contribution in [-0.2, 0) is 4.79 Å². The molecular weight excluding hydrogens is 252 g/mol.